The standard InChI is InChI=1S/C17H17ClFN/c1-11-4-2-3-5-15(11)12-8-14(9-12)20-17-7-6-13(19)10-16(17)18/h2-7,10,12,14,20H,8-9H2,1H3. The molecule has 1 aliphatic rings. The number of halogens is 2. The SMILES string of the molecule is Cc1ccccc1C1CC(Nc2ccc(F)cc2Cl)C1. The fourth-order valence-corrected chi connectivity index (χ4v) is 3.08. The van der Waals surface area contributed by atoms with E-state index in [-0.39, 0.29) is 5.82 Å². The van der Waals surface area contributed by atoms with Gasteiger partial charge in [0.1, 0.15) is 5.82 Å². The van der Waals surface area contributed by atoms with Crippen molar-refractivity contribution in [1.82, 2.24) is 0 Å². The van der Waals surface area contributed by atoms with Crippen LogP contribution >= 0.6 is 11.6 Å². The summed E-state index contributed by atoms with van der Waals surface area (Å²) < 4.78 is 13.0. The van der Waals surface area contributed by atoms with Gasteiger partial charge in [0.15, 0.2) is 0 Å². The van der Waals surface area contributed by atoms with Gasteiger partial charge < -0.3 is 5.32 Å². The summed E-state index contributed by atoms with van der Waals surface area (Å²) >= 11 is 6.03. The van der Waals surface area contributed by atoms with Gasteiger partial charge >= 0.3 is 0 Å². The zero-order valence-electron chi connectivity index (χ0n) is 11.4. The third-order valence-corrected chi connectivity index (χ3v) is 4.37. The molecule has 1 N–H and O–H groups in total. The number of hydrogen-bond acceptors (Lipinski definition) is 1. The highest BCUT2D eigenvalue weighted by atomic mass is 35.5. The predicted octanol–water partition coefficient (Wildman–Crippen LogP) is 5.15. The monoisotopic (exact) mass is 289 g/mol. The lowest BCUT2D eigenvalue weighted by atomic mass is 9.74. The average Bonchev–Trinajstić information content (AvgIpc) is 2.37. The molecular formula is C17H17ClFN. The van der Waals surface area contributed by atoms with Gasteiger partial charge in [0, 0.05) is 6.04 Å². The molecule has 0 aliphatic heterocycles. The molecule has 1 aliphatic carbocycles. The highest BCUT2D eigenvalue weighted by Crippen LogP contribution is 2.40. The molecule has 0 atom stereocenters. The first kappa shape index (κ1) is 13.4. The second-order valence-electron chi connectivity index (χ2n) is 5.49. The van der Waals surface area contributed by atoms with Crippen molar-refractivity contribution in [2.45, 2.75) is 31.7 Å². The molecular weight excluding hydrogens is 273 g/mol. The number of anilines is 1. The number of benzene rings is 2. The summed E-state index contributed by atoms with van der Waals surface area (Å²) in [6.07, 6.45) is 2.19. The van der Waals surface area contributed by atoms with Gasteiger partial charge in [0.25, 0.3) is 0 Å². The maximum absolute atomic E-state index is 13.0. The van der Waals surface area contributed by atoms with Crippen molar-refractivity contribution in [2.24, 2.45) is 0 Å². The maximum Gasteiger partial charge on any atom is 0.124 e. The Labute approximate surface area is 123 Å². The molecule has 0 radical (unpaired) electrons. The van der Waals surface area contributed by atoms with Crippen LogP contribution in [0.4, 0.5) is 10.1 Å². The third kappa shape index (κ3) is 2.66. The summed E-state index contributed by atoms with van der Waals surface area (Å²) in [7, 11) is 0. The Balaban J connectivity index is 1.62. The van der Waals surface area contributed by atoms with E-state index in [1.165, 1.54) is 23.3 Å². The molecule has 1 fully saturated rings. The molecule has 0 amide bonds. The lowest BCUT2D eigenvalue weighted by molar-refractivity contribution is 0.373. The molecule has 0 heterocycles. The molecule has 1 nitrogen and oxygen atoms in total. The van der Waals surface area contributed by atoms with E-state index in [1.807, 2.05) is 0 Å². The Morgan fingerprint density at radius 3 is 2.60 bits per heavy atom. The first-order valence-corrected chi connectivity index (χ1v) is 7.28. The molecule has 1 saturated carbocycles. The van der Waals surface area contributed by atoms with Crippen LogP contribution in [0.25, 0.3) is 0 Å². The zero-order chi connectivity index (χ0) is 14.1. The van der Waals surface area contributed by atoms with Gasteiger partial charge in [-0.05, 0) is 55.0 Å². The summed E-state index contributed by atoms with van der Waals surface area (Å²) in [5.41, 5.74) is 3.62. The molecule has 104 valence electrons. The lowest BCUT2D eigenvalue weighted by Crippen LogP contribution is -2.34. The van der Waals surface area contributed by atoms with Crippen LogP contribution in [0.2, 0.25) is 5.02 Å². The average molecular weight is 290 g/mol. The van der Waals surface area contributed by atoms with Crippen molar-refractivity contribution in [1.29, 1.82) is 0 Å². The smallest absolute Gasteiger partial charge is 0.124 e. The van der Waals surface area contributed by atoms with Crippen LogP contribution in [0.1, 0.15) is 29.9 Å². The van der Waals surface area contributed by atoms with Gasteiger partial charge in [-0.3, -0.25) is 0 Å². The molecule has 0 bridgehead atoms. The third-order valence-electron chi connectivity index (χ3n) is 4.06. The summed E-state index contributed by atoms with van der Waals surface area (Å²) in [5, 5.41) is 3.84. The van der Waals surface area contributed by atoms with Gasteiger partial charge in [-0.15, -0.1) is 0 Å². The molecule has 2 aromatic carbocycles. The van der Waals surface area contributed by atoms with Crippen molar-refractivity contribution in [2.75, 3.05) is 5.32 Å². The normalized spacial score (nSPS) is 21.4. The number of nitrogens with one attached hydrogen (secondary N) is 1. The highest BCUT2D eigenvalue weighted by Gasteiger charge is 2.31. The fraction of sp³-hybridized carbons (Fsp3) is 0.294. The molecule has 2 aromatic rings. The summed E-state index contributed by atoms with van der Waals surface area (Å²) in [4.78, 5) is 0. The second kappa shape index (κ2) is 5.45. The minimum atomic E-state index is -0.299. The van der Waals surface area contributed by atoms with Crippen molar-refractivity contribution in [3.63, 3.8) is 0 Å². The topological polar surface area (TPSA) is 12.0 Å². The van der Waals surface area contributed by atoms with Crippen molar-refractivity contribution in [3.05, 3.63) is 64.4 Å². The summed E-state index contributed by atoms with van der Waals surface area (Å²) in [5.74, 6) is 0.319. The van der Waals surface area contributed by atoms with Crippen LogP contribution in [0.3, 0.4) is 0 Å². The lowest BCUT2D eigenvalue weighted by Gasteiger charge is -2.37. The fourth-order valence-electron chi connectivity index (χ4n) is 2.86. The minimum absolute atomic E-state index is 0.299. The first-order chi connectivity index (χ1) is 9.63. The number of hydrogen-bond donors (Lipinski definition) is 1. The largest absolute Gasteiger partial charge is 0.381 e. The van der Waals surface area contributed by atoms with Crippen LogP contribution in [-0.4, -0.2) is 6.04 Å². The van der Waals surface area contributed by atoms with E-state index in [4.69, 9.17) is 11.6 Å². The molecule has 20 heavy (non-hydrogen) atoms. The zero-order valence-corrected chi connectivity index (χ0v) is 12.1. The van der Waals surface area contributed by atoms with Gasteiger partial charge in [-0.2, -0.15) is 0 Å². The van der Waals surface area contributed by atoms with Crippen LogP contribution in [0.15, 0.2) is 42.5 Å². The molecule has 0 aromatic heterocycles. The van der Waals surface area contributed by atoms with E-state index in [2.05, 4.69) is 36.5 Å². The Kier molecular flexibility index (Phi) is 3.66. The molecule has 3 heteroatoms. The van der Waals surface area contributed by atoms with Gasteiger partial charge in [0.05, 0.1) is 10.7 Å². The quantitative estimate of drug-likeness (QED) is 0.824. The van der Waals surface area contributed by atoms with E-state index in [0.29, 0.717) is 17.0 Å². The Hall–Kier alpha value is -1.54. The summed E-state index contributed by atoms with van der Waals surface area (Å²) in [6.45, 7) is 2.16. The Bertz CT molecular complexity index is 620. The summed E-state index contributed by atoms with van der Waals surface area (Å²) in [6, 6.07) is 13.5. The number of rotatable bonds is 3. The second-order valence-corrected chi connectivity index (χ2v) is 5.90. The Morgan fingerprint density at radius 1 is 1.15 bits per heavy atom. The van der Waals surface area contributed by atoms with E-state index in [1.54, 1.807) is 6.07 Å². The van der Waals surface area contributed by atoms with Crippen LogP contribution in [0.5, 0.6) is 0 Å². The molecule has 3 rings (SSSR count). The molecule has 0 spiro atoms. The van der Waals surface area contributed by atoms with Gasteiger partial charge in [0.2, 0.25) is 0 Å². The van der Waals surface area contributed by atoms with Crippen molar-refractivity contribution < 1.29 is 4.39 Å². The molecule has 0 saturated heterocycles. The molecule has 0 unspecified atom stereocenters. The van der Waals surface area contributed by atoms with Crippen LogP contribution in [0, 0.1) is 12.7 Å². The van der Waals surface area contributed by atoms with Crippen LogP contribution < -0.4 is 5.32 Å². The first-order valence-electron chi connectivity index (χ1n) is 6.90. The van der Waals surface area contributed by atoms with E-state index < -0.39 is 0 Å². The minimum Gasteiger partial charge on any atom is -0.381 e. The van der Waals surface area contributed by atoms with E-state index >= 15 is 0 Å². The number of aryl methyl sites for hydroxylation is 1. The van der Waals surface area contributed by atoms with Gasteiger partial charge in [-0.1, -0.05) is 35.9 Å². The maximum atomic E-state index is 13.0. The van der Waals surface area contributed by atoms with E-state index in [0.717, 1.165) is 18.5 Å². The Morgan fingerprint density at radius 2 is 1.90 bits per heavy atom. The highest BCUT2D eigenvalue weighted by molar-refractivity contribution is 6.33. The van der Waals surface area contributed by atoms with Gasteiger partial charge in [-0.25, -0.2) is 4.39 Å². The predicted molar refractivity (Wildman–Crippen MR) is 82.0 cm³/mol. The van der Waals surface area contributed by atoms with Crippen molar-refractivity contribution >= 4 is 17.3 Å². The van der Waals surface area contributed by atoms with E-state index in [9.17, 15) is 4.39 Å². The van der Waals surface area contributed by atoms with Crippen molar-refractivity contribution in [3.8, 4) is 0 Å². The van der Waals surface area contributed by atoms with Crippen LogP contribution in [-0.2, 0) is 0 Å².